The Kier molecular flexibility index (Phi) is 5.56. The van der Waals surface area contributed by atoms with Gasteiger partial charge in [0.25, 0.3) is 0 Å². The molecule has 1 amide bonds. The van der Waals surface area contributed by atoms with E-state index < -0.39 is 4.92 Å². The van der Waals surface area contributed by atoms with Gasteiger partial charge in [0.2, 0.25) is 5.91 Å². The van der Waals surface area contributed by atoms with Gasteiger partial charge < -0.3 is 5.32 Å². The van der Waals surface area contributed by atoms with E-state index in [0.717, 1.165) is 5.56 Å². The van der Waals surface area contributed by atoms with Crippen molar-refractivity contribution in [2.24, 2.45) is 0 Å². The Morgan fingerprint density at radius 1 is 1.38 bits per heavy atom. The molecule has 128 valence electrons. The van der Waals surface area contributed by atoms with Crippen molar-refractivity contribution in [3.8, 4) is 0 Å². The van der Waals surface area contributed by atoms with Crippen LogP contribution in [0.4, 0.5) is 11.4 Å². The molecule has 0 spiro atoms. The first-order valence-electron chi connectivity index (χ1n) is 7.54. The van der Waals surface area contributed by atoms with Crippen LogP contribution in [-0.2, 0) is 11.3 Å². The number of anilines is 1. The minimum atomic E-state index is -0.429. The molecule has 0 aliphatic carbocycles. The van der Waals surface area contributed by atoms with E-state index in [1.165, 1.54) is 0 Å². The van der Waals surface area contributed by atoms with Gasteiger partial charge in [-0.25, -0.2) is 0 Å². The van der Waals surface area contributed by atoms with Crippen LogP contribution in [0.25, 0.3) is 0 Å². The van der Waals surface area contributed by atoms with Gasteiger partial charge in [-0.15, -0.1) is 0 Å². The SMILES string of the molecule is Cc1ccc(NC(=O)CCCn2nc(C)c([N+](=O)[O-])c2C)cc1Cl. The lowest BCUT2D eigenvalue weighted by atomic mass is 10.2. The molecule has 24 heavy (non-hydrogen) atoms. The maximum Gasteiger partial charge on any atom is 0.312 e. The van der Waals surface area contributed by atoms with Gasteiger partial charge in [0, 0.05) is 23.7 Å². The van der Waals surface area contributed by atoms with Crippen molar-refractivity contribution in [1.82, 2.24) is 9.78 Å². The number of aryl methyl sites for hydroxylation is 3. The van der Waals surface area contributed by atoms with E-state index in [2.05, 4.69) is 10.4 Å². The number of halogens is 1. The molecule has 0 saturated carbocycles. The predicted molar refractivity (Wildman–Crippen MR) is 92.4 cm³/mol. The zero-order chi connectivity index (χ0) is 17.9. The zero-order valence-corrected chi connectivity index (χ0v) is 14.6. The summed E-state index contributed by atoms with van der Waals surface area (Å²) >= 11 is 6.02. The smallest absolute Gasteiger partial charge is 0.312 e. The highest BCUT2D eigenvalue weighted by molar-refractivity contribution is 6.31. The molecule has 1 aromatic heterocycles. The maximum atomic E-state index is 12.0. The van der Waals surface area contributed by atoms with Crippen LogP contribution in [-0.4, -0.2) is 20.6 Å². The number of nitrogens with zero attached hydrogens (tertiary/aromatic N) is 3. The van der Waals surface area contributed by atoms with Crippen molar-refractivity contribution in [2.75, 3.05) is 5.32 Å². The van der Waals surface area contributed by atoms with Crippen LogP contribution in [0.2, 0.25) is 5.02 Å². The number of rotatable bonds is 6. The summed E-state index contributed by atoms with van der Waals surface area (Å²) in [5, 5.41) is 18.5. The van der Waals surface area contributed by atoms with E-state index in [4.69, 9.17) is 11.6 Å². The van der Waals surface area contributed by atoms with Crippen molar-refractivity contribution in [3.05, 3.63) is 50.3 Å². The van der Waals surface area contributed by atoms with Crippen LogP contribution in [0.1, 0.15) is 29.8 Å². The summed E-state index contributed by atoms with van der Waals surface area (Å²) in [6, 6.07) is 5.34. The number of hydrogen-bond donors (Lipinski definition) is 1. The molecule has 0 fully saturated rings. The van der Waals surface area contributed by atoms with Gasteiger partial charge in [-0.1, -0.05) is 17.7 Å². The highest BCUT2D eigenvalue weighted by Crippen LogP contribution is 2.22. The molecule has 0 aliphatic heterocycles. The van der Waals surface area contributed by atoms with Crippen molar-refractivity contribution in [2.45, 2.75) is 40.2 Å². The molecule has 0 unspecified atom stereocenters. The normalized spacial score (nSPS) is 10.7. The van der Waals surface area contributed by atoms with Gasteiger partial charge in [0.1, 0.15) is 11.4 Å². The third-order valence-electron chi connectivity index (χ3n) is 3.76. The number of benzene rings is 1. The summed E-state index contributed by atoms with van der Waals surface area (Å²) in [6.07, 6.45) is 0.822. The first kappa shape index (κ1) is 17.9. The fraction of sp³-hybridized carbons (Fsp3) is 0.375. The molecule has 0 atom stereocenters. The van der Waals surface area contributed by atoms with Crippen molar-refractivity contribution in [1.29, 1.82) is 0 Å². The summed E-state index contributed by atoms with van der Waals surface area (Å²) in [5.74, 6) is -0.133. The van der Waals surface area contributed by atoms with Gasteiger partial charge in [-0.2, -0.15) is 5.10 Å². The van der Waals surface area contributed by atoms with Crippen LogP contribution >= 0.6 is 11.6 Å². The van der Waals surface area contributed by atoms with Gasteiger partial charge in [-0.05, 0) is 44.9 Å². The first-order chi connectivity index (χ1) is 11.3. The highest BCUT2D eigenvalue weighted by atomic mass is 35.5. The molecule has 8 heteroatoms. The number of carbonyl (C=O) groups is 1. The van der Waals surface area contributed by atoms with Gasteiger partial charge in [0.15, 0.2) is 0 Å². The van der Waals surface area contributed by atoms with E-state index in [9.17, 15) is 14.9 Å². The monoisotopic (exact) mass is 350 g/mol. The number of amides is 1. The first-order valence-corrected chi connectivity index (χ1v) is 7.91. The molecule has 1 aromatic carbocycles. The zero-order valence-electron chi connectivity index (χ0n) is 13.8. The van der Waals surface area contributed by atoms with Crippen LogP contribution < -0.4 is 5.32 Å². The lowest BCUT2D eigenvalue weighted by molar-refractivity contribution is -0.386. The maximum absolute atomic E-state index is 12.0. The number of hydrogen-bond acceptors (Lipinski definition) is 4. The van der Waals surface area contributed by atoms with Gasteiger partial charge >= 0.3 is 5.69 Å². The fourth-order valence-corrected chi connectivity index (χ4v) is 2.63. The minimum absolute atomic E-state index is 0.0359. The molecule has 1 heterocycles. The number of nitrogens with one attached hydrogen (secondary N) is 1. The molecular weight excluding hydrogens is 332 g/mol. The Balaban J connectivity index is 1.90. The second-order valence-corrected chi connectivity index (χ2v) is 6.02. The molecule has 0 radical (unpaired) electrons. The van der Waals surface area contributed by atoms with Crippen molar-refractivity contribution in [3.63, 3.8) is 0 Å². The van der Waals surface area contributed by atoms with Crippen LogP contribution in [0, 0.1) is 30.9 Å². The Morgan fingerprint density at radius 2 is 2.08 bits per heavy atom. The molecule has 0 aliphatic rings. The van der Waals surface area contributed by atoms with Crippen LogP contribution in [0.5, 0.6) is 0 Å². The standard InChI is InChI=1S/C16H19ClN4O3/c1-10-6-7-13(9-14(10)17)18-15(22)5-4-8-20-12(3)16(21(23)24)11(2)19-20/h6-7,9H,4-5,8H2,1-3H3,(H,18,22). The van der Waals surface area contributed by atoms with E-state index in [1.807, 2.05) is 13.0 Å². The Bertz CT molecular complexity index is 786. The topological polar surface area (TPSA) is 90.1 Å². The largest absolute Gasteiger partial charge is 0.326 e. The van der Waals surface area contributed by atoms with Crippen molar-refractivity contribution >= 4 is 28.9 Å². The van der Waals surface area contributed by atoms with Crippen LogP contribution in [0.15, 0.2) is 18.2 Å². The second-order valence-electron chi connectivity index (χ2n) is 5.62. The number of aromatic nitrogens is 2. The quantitative estimate of drug-likeness (QED) is 0.634. The molecular formula is C16H19ClN4O3. The average molecular weight is 351 g/mol. The minimum Gasteiger partial charge on any atom is -0.326 e. The lowest BCUT2D eigenvalue weighted by Crippen LogP contribution is -2.13. The van der Waals surface area contributed by atoms with Gasteiger partial charge in [0.05, 0.1) is 4.92 Å². The lowest BCUT2D eigenvalue weighted by Gasteiger charge is -2.07. The third-order valence-corrected chi connectivity index (χ3v) is 4.16. The average Bonchev–Trinajstić information content (AvgIpc) is 2.77. The Morgan fingerprint density at radius 3 is 2.67 bits per heavy atom. The van der Waals surface area contributed by atoms with Gasteiger partial charge in [-0.3, -0.25) is 19.6 Å². The summed E-state index contributed by atoms with van der Waals surface area (Å²) in [7, 11) is 0. The summed E-state index contributed by atoms with van der Waals surface area (Å²) in [6.45, 7) is 5.60. The summed E-state index contributed by atoms with van der Waals surface area (Å²) < 4.78 is 1.57. The third kappa shape index (κ3) is 4.11. The second kappa shape index (κ2) is 7.44. The van der Waals surface area contributed by atoms with E-state index >= 15 is 0 Å². The highest BCUT2D eigenvalue weighted by Gasteiger charge is 2.21. The molecule has 0 bridgehead atoms. The molecule has 2 aromatic rings. The summed E-state index contributed by atoms with van der Waals surface area (Å²) in [5.41, 5.74) is 2.52. The molecule has 7 nitrogen and oxygen atoms in total. The number of nitro groups is 1. The van der Waals surface area contributed by atoms with E-state index in [1.54, 1.807) is 30.7 Å². The molecule has 2 rings (SSSR count). The van der Waals surface area contributed by atoms with E-state index in [0.29, 0.717) is 35.1 Å². The fourth-order valence-electron chi connectivity index (χ4n) is 2.45. The predicted octanol–water partition coefficient (Wildman–Crippen LogP) is 3.79. The Labute approximate surface area is 144 Å². The van der Waals surface area contributed by atoms with Crippen molar-refractivity contribution < 1.29 is 9.72 Å². The van der Waals surface area contributed by atoms with Crippen LogP contribution in [0.3, 0.4) is 0 Å². The Hall–Kier alpha value is -2.41. The number of carbonyl (C=O) groups excluding carboxylic acids is 1. The molecule has 0 saturated heterocycles. The summed E-state index contributed by atoms with van der Waals surface area (Å²) in [4.78, 5) is 22.5. The van der Waals surface area contributed by atoms with E-state index in [-0.39, 0.29) is 18.0 Å². The molecule has 1 N–H and O–H groups in total.